The molecule has 1 amide bonds. The standard InChI is InChI=1S/C17H20F3N3O4/c1-16(2,3)27-15(25)21-6-7-23-10-12(9-22-23)11-4-5-14(13(24)8-11)26-17(18,19)20/h4-5,8-10,24H,6-7H2,1-3H3,(H,21,25). The van der Waals surface area contributed by atoms with Crippen LogP contribution in [0.4, 0.5) is 18.0 Å². The Morgan fingerprint density at radius 3 is 2.56 bits per heavy atom. The van der Waals surface area contributed by atoms with Crippen LogP contribution in [-0.4, -0.2) is 39.5 Å². The van der Waals surface area contributed by atoms with Crippen LogP contribution in [-0.2, 0) is 11.3 Å². The molecule has 0 aliphatic heterocycles. The number of amides is 1. The van der Waals surface area contributed by atoms with Gasteiger partial charge in [-0.3, -0.25) is 4.68 Å². The Hall–Kier alpha value is -2.91. The van der Waals surface area contributed by atoms with Crippen LogP contribution in [0.25, 0.3) is 11.1 Å². The molecule has 0 unspecified atom stereocenters. The zero-order valence-electron chi connectivity index (χ0n) is 15.0. The van der Waals surface area contributed by atoms with Crippen LogP contribution in [0.5, 0.6) is 11.5 Å². The topological polar surface area (TPSA) is 85.6 Å². The Morgan fingerprint density at radius 2 is 1.96 bits per heavy atom. The van der Waals surface area contributed by atoms with Crippen LogP contribution in [0, 0.1) is 0 Å². The molecule has 1 aromatic heterocycles. The van der Waals surface area contributed by atoms with Gasteiger partial charge >= 0.3 is 12.5 Å². The second-order valence-corrected chi connectivity index (χ2v) is 6.65. The first-order valence-corrected chi connectivity index (χ1v) is 8.01. The minimum atomic E-state index is -4.88. The van der Waals surface area contributed by atoms with Gasteiger partial charge in [0.1, 0.15) is 5.60 Å². The number of carbonyl (C=O) groups is 1. The maximum atomic E-state index is 12.2. The Morgan fingerprint density at radius 1 is 1.26 bits per heavy atom. The van der Waals surface area contributed by atoms with Crippen molar-refractivity contribution in [2.24, 2.45) is 0 Å². The third-order valence-corrected chi connectivity index (χ3v) is 3.16. The van der Waals surface area contributed by atoms with Crippen LogP contribution in [0.3, 0.4) is 0 Å². The minimum Gasteiger partial charge on any atom is -0.504 e. The monoisotopic (exact) mass is 387 g/mol. The molecule has 0 spiro atoms. The van der Waals surface area contributed by atoms with Gasteiger partial charge in [0.25, 0.3) is 0 Å². The normalized spacial score (nSPS) is 11.9. The van der Waals surface area contributed by atoms with E-state index >= 15 is 0 Å². The van der Waals surface area contributed by atoms with E-state index in [0.29, 0.717) is 17.7 Å². The number of phenolic OH excluding ortho intramolecular Hbond substituents is 1. The largest absolute Gasteiger partial charge is 0.573 e. The summed E-state index contributed by atoms with van der Waals surface area (Å²) in [6.45, 7) is 5.91. The number of benzene rings is 1. The zero-order chi connectivity index (χ0) is 20.2. The highest BCUT2D eigenvalue weighted by molar-refractivity contribution is 5.67. The van der Waals surface area contributed by atoms with Gasteiger partial charge in [-0.1, -0.05) is 6.07 Å². The number of phenols is 1. The highest BCUT2D eigenvalue weighted by Gasteiger charge is 2.32. The lowest BCUT2D eigenvalue weighted by Gasteiger charge is -2.19. The van der Waals surface area contributed by atoms with Gasteiger partial charge in [0.05, 0.1) is 12.7 Å². The Bertz CT molecular complexity index is 797. The predicted molar refractivity (Wildman–Crippen MR) is 90.2 cm³/mol. The molecule has 2 N–H and O–H groups in total. The molecule has 0 fully saturated rings. The number of alkyl carbamates (subject to hydrolysis) is 1. The summed E-state index contributed by atoms with van der Waals surface area (Å²) in [5.74, 6) is -1.32. The summed E-state index contributed by atoms with van der Waals surface area (Å²) < 4.78 is 47.1. The Labute approximate surface area is 153 Å². The molecule has 0 aliphatic rings. The lowest BCUT2D eigenvalue weighted by atomic mass is 10.1. The van der Waals surface area contributed by atoms with Crippen molar-refractivity contribution in [1.82, 2.24) is 15.1 Å². The van der Waals surface area contributed by atoms with Crippen LogP contribution >= 0.6 is 0 Å². The highest BCUT2D eigenvalue weighted by atomic mass is 19.4. The van der Waals surface area contributed by atoms with E-state index in [2.05, 4.69) is 15.2 Å². The third-order valence-electron chi connectivity index (χ3n) is 3.16. The fourth-order valence-electron chi connectivity index (χ4n) is 2.13. The summed E-state index contributed by atoms with van der Waals surface area (Å²) in [5.41, 5.74) is 0.460. The van der Waals surface area contributed by atoms with Crippen molar-refractivity contribution < 1.29 is 32.5 Å². The van der Waals surface area contributed by atoms with Crippen molar-refractivity contribution in [3.63, 3.8) is 0 Å². The third kappa shape index (κ3) is 6.72. The number of aromatic nitrogens is 2. The number of ether oxygens (including phenoxy) is 2. The van der Waals surface area contributed by atoms with E-state index in [9.17, 15) is 23.1 Å². The van der Waals surface area contributed by atoms with E-state index in [4.69, 9.17) is 4.74 Å². The van der Waals surface area contributed by atoms with Gasteiger partial charge in [-0.25, -0.2) is 4.79 Å². The first-order valence-electron chi connectivity index (χ1n) is 8.01. The van der Waals surface area contributed by atoms with Crippen LogP contribution in [0.2, 0.25) is 0 Å². The molecule has 0 bridgehead atoms. The van der Waals surface area contributed by atoms with Crippen molar-refractivity contribution >= 4 is 6.09 Å². The second-order valence-electron chi connectivity index (χ2n) is 6.65. The van der Waals surface area contributed by atoms with E-state index in [0.717, 1.165) is 12.1 Å². The van der Waals surface area contributed by atoms with Gasteiger partial charge in [0.15, 0.2) is 11.5 Å². The van der Waals surface area contributed by atoms with E-state index in [1.807, 2.05) is 0 Å². The molecular formula is C17H20F3N3O4. The van der Waals surface area contributed by atoms with Crippen LogP contribution < -0.4 is 10.1 Å². The number of carbonyl (C=O) groups excluding carboxylic acids is 1. The molecule has 148 valence electrons. The van der Waals surface area contributed by atoms with Crippen LogP contribution in [0.15, 0.2) is 30.6 Å². The molecule has 1 aromatic carbocycles. The first kappa shape index (κ1) is 20.4. The van der Waals surface area contributed by atoms with Gasteiger partial charge in [0, 0.05) is 18.3 Å². The number of hydrogen-bond acceptors (Lipinski definition) is 5. The molecule has 0 radical (unpaired) electrons. The summed E-state index contributed by atoms with van der Waals surface area (Å²) in [5, 5.41) is 16.4. The first-order chi connectivity index (χ1) is 12.4. The van der Waals surface area contributed by atoms with Crippen LogP contribution in [0.1, 0.15) is 20.8 Å². The van der Waals surface area contributed by atoms with Crippen molar-refractivity contribution in [1.29, 1.82) is 0 Å². The number of alkyl halides is 3. The maximum absolute atomic E-state index is 12.2. The number of nitrogens with one attached hydrogen (secondary N) is 1. The summed E-state index contributed by atoms with van der Waals surface area (Å²) >= 11 is 0. The Balaban J connectivity index is 1.95. The molecule has 2 rings (SSSR count). The van der Waals surface area contributed by atoms with Gasteiger partial charge in [-0.2, -0.15) is 5.10 Å². The van der Waals surface area contributed by atoms with Gasteiger partial charge in [-0.05, 0) is 38.5 Å². The van der Waals surface area contributed by atoms with Crippen molar-refractivity contribution in [2.45, 2.75) is 39.3 Å². The van der Waals surface area contributed by atoms with E-state index in [1.165, 1.54) is 12.3 Å². The lowest BCUT2D eigenvalue weighted by Crippen LogP contribution is -2.34. The number of hydrogen-bond donors (Lipinski definition) is 2. The lowest BCUT2D eigenvalue weighted by molar-refractivity contribution is -0.275. The van der Waals surface area contributed by atoms with Gasteiger partial charge in [-0.15, -0.1) is 13.2 Å². The molecule has 7 nitrogen and oxygen atoms in total. The molecule has 27 heavy (non-hydrogen) atoms. The van der Waals surface area contributed by atoms with E-state index in [-0.39, 0.29) is 6.54 Å². The average molecular weight is 387 g/mol. The SMILES string of the molecule is CC(C)(C)OC(=O)NCCn1cc(-c2ccc(OC(F)(F)F)c(O)c2)cn1. The molecular weight excluding hydrogens is 367 g/mol. The van der Waals surface area contributed by atoms with Crippen molar-refractivity contribution in [2.75, 3.05) is 6.54 Å². The fraction of sp³-hybridized carbons (Fsp3) is 0.412. The molecule has 1 heterocycles. The summed E-state index contributed by atoms with van der Waals surface area (Å²) in [7, 11) is 0. The van der Waals surface area contributed by atoms with Crippen molar-refractivity contribution in [3.05, 3.63) is 30.6 Å². The van der Waals surface area contributed by atoms with E-state index in [1.54, 1.807) is 31.6 Å². The molecule has 10 heteroatoms. The summed E-state index contributed by atoms with van der Waals surface area (Å²) in [4.78, 5) is 11.6. The average Bonchev–Trinajstić information content (AvgIpc) is 2.95. The number of nitrogens with zero attached hydrogens (tertiary/aromatic N) is 2. The number of halogens is 3. The van der Waals surface area contributed by atoms with Gasteiger partial charge in [0.2, 0.25) is 0 Å². The predicted octanol–water partition coefficient (Wildman–Crippen LogP) is 3.68. The second kappa shape index (κ2) is 7.77. The zero-order valence-corrected chi connectivity index (χ0v) is 15.0. The fourth-order valence-corrected chi connectivity index (χ4v) is 2.13. The van der Waals surface area contributed by atoms with E-state index < -0.39 is 29.6 Å². The molecule has 0 saturated carbocycles. The summed E-state index contributed by atoms with van der Waals surface area (Å²) in [6, 6.07) is 3.56. The van der Waals surface area contributed by atoms with Gasteiger partial charge < -0.3 is 19.9 Å². The maximum Gasteiger partial charge on any atom is 0.573 e. The molecule has 2 aromatic rings. The number of rotatable bonds is 5. The smallest absolute Gasteiger partial charge is 0.504 e. The quantitative estimate of drug-likeness (QED) is 0.818. The summed E-state index contributed by atoms with van der Waals surface area (Å²) in [6.07, 6.45) is -2.30. The molecule has 0 saturated heterocycles. The molecule has 0 atom stereocenters. The minimum absolute atomic E-state index is 0.277. The molecule has 0 aliphatic carbocycles. The van der Waals surface area contributed by atoms with Crippen molar-refractivity contribution in [3.8, 4) is 22.6 Å². The Kier molecular flexibility index (Phi) is 5.87. The highest BCUT2D eigenvalue weighted by Crippen LogP contribution is 2.34. The number of aromatic hydroxyl groups is 1.